The van der Waals surface area contributed by atoms with Crippen LogP contribution in [0.1, 0.15) is 15.9 Å². The smallest absolute Gasteiger partial charge is 0.337 e. The maximum atomic E-state index is 12.8. The van der Waals surface area contributed by atoms with Crippen LogP contribution in [0.4, 0.5) is 0 Å². The number of esters is 1. The second-order valence-corrected chi connectivity index (χ2v) is 6.58. The van der Waals surface area contributed by atoms with Gasteiger partial charge in [0.25, 0.3) is 0 Å². The number of benzene rings is 2. The van der Waals surface area contributed by atoms with E-state index in [0.29, 0.717) is 11.3 Å². The molecule has 2 heterocycles. The van der Waals surface area contributed by atoms with Gasteiger partial charge in [-0.3, -0.25) is 4.79 Å². The molecule has 0 spiro atoms. The van der Waals surface area contributed by atoms with Crippen LogP contribution >= 0.6 is 0 Å². The number of nitrogens with zero attached hydrogens (tertiary/aromatic N) is 1. The lowest BCUT2D eigenvalue weighted by Crippen LogP contribution is -2.14. The van der Waals surface area contributed by atoms with Crippen LogP contribution in [0, 0.1) is 0 Å². The predicted molar refractivity (Wildman–Crippen MR) is 106 cm³/mol. The van der Waals surface area contributed by atoms with Gasteiger partial charge in [-0.25, -0.2) is 4.79 Å². The van der Waals surface area contributed by atoms with Gasteiger partial charge in [-0.2, -0.15) is 0 Å². The summed E-state index contributed by atoms with van der Waals surface area (Å²) in [5, 5.41) is 0.945. The van der Waals surface area contributed by atoms with Gasteiger partial charge in [0.05, 0.1) is 12.7 Å². The van der Waals surface area contributed by atoms with E-state index in [0.717, 1.165) is 22.2 Å². The molecule has 0 aliphatic carbocycles. The van der Waals surface area contributed by atoms with Gasteiger partial charge in [0.2, 0.25) is 5.78 Å². The first-order chi connectivity index (χ1) is 14.0. The number of carbonyl (C=O) groups is 2. The summed E-state index contributed by atoms with van der Waals surface area (Å²) >= 11 is 0. The quantitative estimate of drug-likeness (QED) is 0.376. The highest BCUT2D eigenvalue weighted by atomic mass is 16.6. The molecule has 1 aromatic heterocycles. The lowest BCUT2D eigenvalue weighted by Gasteiger charge is -2.04. The summed E-state index contributed by atoms with van der Waals surface area (Å²) in [6.07, 6.45) is 3.63. The molecule has 0 saturated heterocycles. The minimum Gasteiger partial charge on any atom is -0.497 e. The van der Waals surface area contributed by atoms with E-state index in [1.54, 1.807) is 25.3 Å². The Morgan fingerprint density at radius 1 is 1.14 bits per heavy atom. The number of aromatic nitrogens is 1. The molecule has 2 aromatic carbocycles. The number of hydrogen-bond donors (Lipinski definition) is 0. The van der Waals surface area contributed by atoms with E-state index >= 15 is 0 Å². The third-order valence-electron chi connectivity index (χ3n) is 4.65. The predicted octanol–water partition coefficient (Wildman–Crippen LogP) is 3.35. The van der Waals surface area contributed by atoms with Crippen molar-refractivity contribution in [3.8, 4) is 17.2 Å². The van der Waals surface area contributed by atoms with Crippen molar-refractivity contribution in [3.05, 3.63) is 59.5 Å². The number of fused-ring (bicyclic) bond motifs is 2. The molecular weight excluding hydrogens is 374 g/mol. The number of hydrogen-bond acceptors (Lipinski definition) is 6. The normalized spacial score (nSPS) is 14.2. The molecule has 0 unspecified atom stereocenters. The van der Waals surface area contributed by atoms with Gasteiger partial charge in [-0.1, -0.05) is 0 Å². The molecule has 0 bridgehead atoms. The van der Waals surface area contributed by atoms with E-state index in [1.807, 2.05) is 36.0 Å². The van der Waals surface area contributed by atoms with Gasteiger partial charge in [-0.05, 0) is 36.4 Å². The number of methoxy groups -OCH3 is 2. The highest BCUT2D eigenvalue weighted by Gasteiger charge is 2.28. The highest BCUT2D eigenvalue weighted by molar-refractivity contribution is 6.15. The van der Waals surface area contributed by atoms with Crippen molar-refractivity contribution in [3.63, 3.8) is 0 Å². The molecule has 0 radical (unpaired) electrons. The number of ether oxygens (including phenoxy) is 4. The first kappa shape index (κ1) is 18.8. The molecule has 148 valence electrons. The molecule has 4 rings (SSSR count). The van der Waals surface area contributed by atoms with Crippen molar-refractivity contribution in [2.75, 3.05) is 20.8 Å². The maximum absolute atomic E-state index is 12.8. The van der Waals surface area contributed by atoms with Crippen molar-refractivity contribution in [2.45, 2.75) is 0 Å². The minimum absolute atomic E-state index is 0.160. The molecule has 29 heavy (non-hydrogen) atoms. The first-order valence-electron chi connectivity index (χ1n) is 8.91. The van der Waals surface area contributed by atoms with Crippen LogP contribution in [0.15, 0.2) is 48.4 Å². The van der Waals surface area contributed by atoms with Crippen molar-refractivity contribution in [1.82, 2.24) is 4.57 Å². The second-order valence-electron chi connectivity index (χ2n) is 6.58. The molecule has 7 nitrogen and oxygen atoms in total. The number of rotatable bonds is 5. The number of allylic oxidation sites excluding steroid dienone is 1. The summed E-state index contributed by atoms with van der Waals surface area (Å²) in [4.78, 5) is 24.3. The molecule has 7 heteroatoms. The highest BCUT2D eigenvalue weighted by Crippen LogP contribution is 2.36. The summed E-state index contributed by atoms with van der Waals surface area (Å²) in [5.41, 5.74) is 2.26. The topological polar surface area (TPSA) is 76.0 Å². The van der Waals surface area contributed by atoms with E-state index in [-0.39, 0.29) is 23.9 Å². The van der Waals surface area contributed by atoms with Crippen LogP contribution in [-0.2, 0) is 16.6 Å². The molecule has 1 aliphatic heterocycles. The molecule has 1 aliphatic rings. The summed E-state index contributed by atoms with van der Waals surface area (Å²) in [6, 6.07) is 10.4. The van der Waals surface area contributed by atoms with Crippen LogP contribution in [0.5, 0.6) is 17.2 Å². The fraction of sp³-hybridized carbons (Fsp3) is 0.182. The molecule has 0 atom stereocenters. The van der Waals surface area contributed by atoms with Crippen LogP contribution in [0.25, 0.3) is 17.0 Å². The SMILES string of the molecule is COCC(=O)Oc1ccc2c(c1)O/C(=C\c1cn(C)c3ccc(OC)cc13)C2=O. The van der Waals surface area contributed by atoms with E-state index < -0.39 is 5.97 Å². The van der Waals surface area contributed by atoms with Crippen LogP contribution in [0.2, 0.25) is 0 Å². The van der Waals surface area contributed by atoms with Gasteiger partial charge >= 0.3 is 5.97 Å². The minimum atomic E-state index is -0.530. The van der Waals surface area contributed by atoms with Crippen molar-refractivity contribution in [1.29, 1.82) is 0 Å². The van der Waals surface area contributed by atoms with Crippen molar-refractivity contribution >= 4 is 28.7 Å². The Morgan fingerprint density at radius 3 is 2.69 bits per heavy atom. The molecule has 0 fully saturated rings. The van der Waals surface area contributed by atoms with Gasteiger partial charge in [0.15, 0.2) is 5.76 Å². The Kier molecular flexibility index (Phi) is 4.82. The van der Waals surface area contributed by atoms with Gasteiger partial charge in [0, 0.05) is 42.9 Å². The van der Waals surface area contributed by atoms with E-state index in [2.05, 4.69) is 0 Å². The van der Waals surface area contributed by atoms with E-state index in [9.17, 15) is 9.59 Å². The lowest BCUT2D eigenvalue weighted by molar-refractivity contribution is -0.138. The van der Waals surface area contributed by atoms with E-state index in [1.165, 1.54) is 13.2 Å². The summed E-state index contributed by atoms with van der Waals surface area (Å²) in [6.45, 7) is -0.160. The van der Waals surface area contributed by atoms with Crippen molar-refractivity contribution < 1.29 is 28.5 Å². The van der Waals surface area contributed by atoms with Gasteiger partial charge < -0.3 is 23.5 Å². The standard InChI is InChI=1S/C22H19NO6/c1-23-11-13(17-9-14(27-3)5-7-18(17)23)8-20-22(25)16-6-4-15(10-19(16)29-20)28-21(24)12-26-2/h4-11H,12H2,1-3H3/b20-8-. The van der Waals surface area contributed by atoms with Crippen LogP contribution in [0.3, 0.4) is 0 Å². The first-order valence-corrected chi connectivity index (χ1v) is 8.91. The van der Waals surface area contributed by atoms with E-state index in [4.69, 9.17) is 18.9 Å². The Bertz CT molecular complexity index is 1160. The Balaban J connectivity index is 1.66. The van der Waals surface area contributed by atoms with Crippen LogP contribution < -0.4 is 14.2 Å². The van der Waals surface area contributed by atoms with Crippen LogP contribution in [-0.4, -0.2) is 37.1 Å². The molecule has 3 aromatic rings. The zero-order chi connectivity index (χ0) is 20.5. The Labute approximate surface area is 167 Å². The summed E-state index contributed by atoms with van der Waals surface area (Å²) in [5.74, 6) is 0.812. The molecule has 0 amide bonds. The van der Waals surface area contributed by atoms with Gasteiger partial charge in [0.1, 0.15) is 23.9 Å². The second kappa shape index (κ2) is 7.44. The average molecular weight is 393 g/mol. The van der Waals surface area contributed by atoms with Gasteiger partial charge in [-0.15, -0.1) is 0 Å². The Morgan fingerprint density at radius 2 is 1.93 bits per heavy atom. The molecule has 0 N–H and O–H groups in total. The number of ketones is 1. The lowest BCUT2D eigenvalue weighted by atomic mass is 10.1. The zero-order valence-electron chi connectivity index (χ0n) is 16.2. The average Bonchev–Trinajstić information content (AvgIpc) is 3.18. The Hall–Kier alpha value is -3.58. The third kappa shape index (κ3) is 3.48. The monoisotopic (exact) mass is 393 g/mol. The fourth-order valence-corrected chi connectivity index (χ4v) is 3.29. The third-order valence-corrected chi connectivity index (χ3v) is 4.65. The molecular formula is C22H19NO6. The summed E-state index contributed by atoms with van der Waals surface area (Å²) < 4.78 is 23.0. The molecule has 0 saturated carbocycles. The zero-order valence-corrected chi connectivity index (χ0v) is 16.2. The summed E-state index contributed by atoms with van der Waals surface area (Å²) in [7, 11) is 4.95. The number of aryl methyl sites for hydroxylation is 1. The fourth-order valence-electron chi connectivity index (χ4n) is 3.29. The largest absolute Gasteiger partial charge is 0.497 e. The maximum Gasteiger partial charge on any atom is 0.337 e. The van der Waals surface area contributed by atoms with Crippen molar-refractivity contribution in [2.24, 2.45) is 7.05 Å². The number of carbonyl (C=O) groups excluding carboxylic acids is 2. The number of Topliss-reactive ketones (excluding diaryl/α,β-unsaturated/α-hetero) is 1.